The van der Waals surface area contributed by atoms with Gasteiger partial charge in [0.1, 0.15) is 9.79 Å². The number of alkyl halides is 3. The van der Waals surface area contributed by atoms with Gasteiger partial charge in [-0.15, -0.1) is 11.8 Å². The van der Waals surface area contributed by atoms with Crippen molar-refractivity contribution < 1.29 is 30.0 Å². The molecule has 24 heavy (non-hydrogen) atoms. The Labute approximate surface area is 145 Å². The average molecular weight is 426 g/mol. The van der Waals surface area contributed by atoms with Crippen LogP contribution in [0.15, 0.2) is 21.9 Å². The summed E-state index contributed by atoms with van der Waals surface area (Å²) in [6.45, 7) is 0. The van der Waals surface area contributed by atoms with Crippen molar-refractivity contribution in [3.8, 4) is 0 Å². The summed E-state index contributed by atoms with van der Waals surface area (Å²) in [6.07, 6.45) is -5.38. The van der Waals surface area contributed by atoms with Crippen LogP contribution in [-0.2, 0) is 20.0 Å². The number of hydrogen-bond acceptors (Lipinski definition) is 6. The topological polar surface area (TPSA) is 118 Å². The first-order chi connectivity index (χ1) is 10.8. The van der Waals surface area contributed by atoms with E-state index in [1.165, 1.54) is 0 Å². The summed E-state index contributed by atoms with van der Waals surface area (Å²) in [4.78, 5) is -0.979. The van der Waals surface area contributed by atoms with Crippen LogP contribution in [0.1, 0.15) is 0 Å². The fourth-order valence-corrected chi connectivity index (χ4v) is 5.28. The average Bonchev–Trinajstić information content (AvgIpc) is 2.33. The molecule has 1 aliphatic rings. The van der Waals surface area contributed by atoms with Gasteiger partial charge >= 0.3 is 6.18 Å². The van der Waals surface area contributed by atoms with Gasteiger partial charge in [-0.1, -0.05) is 11.6 Å². The second-order valence-corrected chi connectivity index (χ2v) is 9.42. The number of hydrogen-bond donors (Lipinski definition) is 3. The van der Waals surface area contributed by atoms with Gasteiger partial charge in [0.05, 0.1) is 22.6 Å². The number of nitrogens with two attached hydrogens (primary N) is 1. The molecule has 14 heteroatoms. The molecule has 4 N–H and O–H groups in total. The minimum atomic E-state index is -4.37. The molecule has 1 heterocycles. The van der Waals surface area contributed by atoms with E-state index in [4.69, 9.17) is 16.7 Å². The maximum atomic E-state index is 12.2. The summed E-state index contributed by atoms with van der Waals surface area (Å²) in [5.41, 5.74) is -0.0243. The maximum Gasteiger partial charge on any atom is 0.397 e. The van der Waals surface area contributed by atoms with E-state index in [-0.39, 0.29) is 16.5 Å². The van der Waals surface area contributed by atoms with Gasteiger partial charge in [-0.05, 0) is 12.1 Å². The second kappa shape index (κ2) is 6.53. The molecule has 0 saturated carbocycles. The van der Waals surface area contributed by atoms with Gasteiger partial charge in [-0.25, -0.2) is 22.0 Å². The summed E-state index contributed by atoms with van der Waals surface area (Å²) in [5, 5.41) is 7.31. The van der Waals surface area contributed by atoms with Gasteiger partial charge in [-0.3, -0.25) is 0 Å². The van der Waals surface area contributed by atoms with Crippen LogP contribution in [0.2, 0.25) is 5.02 Å². The summed E-state index contributed by atoms with van der Waals surface area (Å²) in [7, 11) is -8.38. The molecule has 0 aromatic heterocycles. The van der Waals surface area contributed by atoms with E-state index in [0.29, 0.717) is 11.8 Å². The zero-order valence-electron chi connectivity index (χ0n) is 11.6. The van der Waals surface area contributed by atoms with Crippen molar-refractivity contribution in [2.75, 3.05) is 16.8 Å². The van der Waals surface area contributed by atoms with Crippen molar-refractivity contribution in [3.05, 3.63) is 17.2 Å². The first kappa shape index (κ1) is 19.6. The van der Waals surface area contributed by atoms with Crippen LogP contribution in [0, 0.1) is 0 Å². The van der Waals surface area contributed by atoms with Gasteiger partial charge in [0.25, 0.3) is 0 Å². The standard InChI is InChI=1S/C10H11ClF3N3O4S3/c11-5-1-6-8(2-7(5)23(15,18)19)24(20,21)17-9(16-6)3-22-4-10(12,13)14/h1-2,9,16-17H,3-4H2,(H2,15,18,19)/t9-/m0/s1. The molecule has 136 valence electrons. The number of fused-ring (bicyclic) bond motifs is 1. The third-order valence-electron chi connectivity index (χ3n) is 2.81. The van der Waals surface area contributed by atoms with Gasteiger partial charge in [-0.2, -0.15) is 17.9 Å². The van der Waals surface area contributed by atoms with Crippen molar-refractivity contribution in [2.24, 2.45) is 5.14 Å². The molecule has 7 nitrogen and oxygen atoms in total. The predicted molar refractivity (Wildman–Crippen MR) is 83.9 cm³/mol. The summed E-state index contributed by atoms with van der Waals surface area (Å²) >= 11 is 6.27. The minimum Gasteiger partial charge on any atom is -0.367 e. The fourth-order valence-electron chi connectivity index (χ4n) is 1.92. The zero-order chi connectivity index (χ0) is 18.3. The number of sulfonamides is 2. The molecular formula is C10H11ClF3N3O4S3. The molecule has 0 spiro atoms. The SMILES string of the molecule is NS(=O)(=O)c1cc2c(cc1Cl)N[C@H](CSCC(F)(F)F)NS2(=O)=O. The molecule has 0 saturated heterocycles. The quantitative estimate of drug-likeness (QED) is 0.669. The van der Waals surface area contributed by atoms with Crippen molar-refractivity contribution in [2.45, 2.75) is 22.1 Å². The molecule has 1 atom stereocenters. The summed E-state index contributed by atoms with van der Waals surface area (Å²) < 4.78 is 85.7. The Morgan fingerprint density at radius 3 is 2.50 bits per heavy atom. The van der Waals surface area contributed by atoms with E-state index in [1.807, 2.05) is 0 Å². The lowest BCUT2D eigenvalue weighted by molar-refractivity contribution is -0.105. The lowest BCUT2D eigenvalue weighted by Gasteiger charge is -2.28. The molecule has 1 aromatic carbocycles. The molecule has 1 aliphatic heterocycles. The largest absolute Gasteiger partial charge is 0.397 e. The van der Waals surface area contributed by atoms with E-state index in [1.54, 1.807) is 0 Å². The number of primary sulfonamides is 1. The summed E-state index contributed by atoms with van der Waals surface area (Å²) in [5.74, 6) is -1.34. The van der Waals surface area contributed by atoms with E-state index in [9.17, 15) is 30.0 Å². The number of halogens is 4. The van der Waals surface area contributed by atoms with Crippen LogP contribution < -0.4 is 15.2 Å². The molecule has 0 radical (unpaired) electrons. The van der Waals surface area contributed by atoms with Crippen molar-refractivity contribution >= 4 is 49.1 Å². The number of anilines is 1. The second-order valence-electron chi connectivity index (χ2n) is 4.77. The molecule has 1 aromatic rings. The van der Waals surface area contributed by atoms with Gasteiger partial charge in [0.2, 0.25) is 20.0 Å². The highest BCUT2D eigenvalue weighted by Gasteiger charge is 2.33. The van der Waals surface area contributed by atoms with Crippen LogP contribution in [0.25, 0.3) is 0 Å². The smallest absolute Gasteiger partial charge is 0.367 e. The lowest BCUT2D eigenvalue weighted by atomic mass is 10.3. The predicted octanol–water partition coefficient (Wildman–Crippen LogP) is 1.31. The molecule has 0 bridgehead atoms. The Hall–Kier alpha value is -0.730. The Morgan fingerprint density at radius 1 is 1.33 bits per heavy atom. The summed E-state index contributed by atoms with van der Waals surface area (Å²) in [6, 6.07) is 1.85. The first-order valence-corrected chi connectivity index (χ1v) is 10.7. The molecule has 0 amide bonds. The van der Waals surface area contributed by atoms with Crippen LogP contribution in [-0.4, -0.2) is 40.7 Å². The third-order valence-corrected chi connectivity index (χ3v) is 6.80. The molecule has 2 rings (SSSR count). The zero-order valence-corrected chi connectivity index (χ0v) is 14.8. The Balaban J connectivity index is 2.30. The van der Waals surface area contributed by atoms with E-state index in [2.05, 4.69) is 10.0 Å². The highest BCUT2D eigenvalue weighted by atomic mass is 35.5. The monoisotopic (exact) mass is 425 g/mol. The van der Waals surface area contributed by atoms with Gasteiger partial charge < -0.3 is 5.32 Å². The number of thioether (sulfide) groups is 1. The van der Waals surface area contributed by atoms with Crippen LogP contribution in [0.5, 0.6) is 0 Å². The Kier molecular flexibility index (Phi) is 5.33. The Morgan fingerprint density at radius 2 is 1.96 bits per heavy atom. The fraction of sp³-hybridized carbons (Fsp3) is 0.400. The molecule has 0 fully saturated rings. The highest BCUT2D eigenvalue weighted by molar-refractivity contribution is 7.99. The van der Waals surface area contributed by atoms with E-state index < -0.39 is 47.9 Å². The van der Waals surface area contributed by atoms with E-state index in [0.717, 1.165) is 12.1 Å². The van der Waals surface area contributed by atoms with Crippen molar-refractivity contribution in [1.82, 2.24) is 4.72 Å². The highest BCUT2D eigenvalue weighted by Crippen LogP contribution is 2.34. The van der Waals surface area contributed by atoms with Crippen molar-refractivity contribution in [3.63, 3.8) is 0 Å². The maximum absolute atomic E-state index is 12.2. The normalized spacial score (nSPS) is 20.3. The molecule has 0 aliphatic carbocycles. The van der Waals surface area contributed by atoms with Crippen LogP contribution in [0.3, 0.4) is 0 Å². The Bertz CT molecular complexity index is 858. The van der Waals surface area contributed by atoms with Gasteiger partial charge in [0, 0.05) is 5.75 Å². The van der Waals surface area contributed by atoms with Crippen LogP contribution in [0.4, 0.5) is 18.9 Å². The number of nitrogens with one attached hydrogen (secondary N) is 2. The number of rotatable bonds is 4. The first-order valence-electron chi connectivity index (χ1n) is 6.09. The number of benzene rings is 1. The van der Waals surface area contributed by atoms with Gasteiger partial charge in [0.15, 0.2) is 0 Å². The van der Waals surface area contributed by atoms with E-state index >= 15 is 0 Å². The van der Waals surface area contributed by atoms with Crippen molar-refractivity contribution in [1.29, 1.82) is 0 Å². The molecular weight excluding hydrogens is 415 g/mol. The minimum absolute atomic E-state index is 0.0243. The molecule has 0 unspecified atom stereocenters. The lowest BCUT2D eigenvalue weighted by Crippen LogP contribution is -2.46. The third kappa shape index (κ3) is 4.67. The van der Waals surface area contributed by atoms with Crippen LogP contribution >= 0.6 is 23.4 Å².